The predicted octanol–water partition coefficient (Wildman–Crippen LogP) is 5.31. The fourth-order valence-corrected chi connectivity index (χ4v) is 5.49. The Morgan fingerprint density at radius 2 is 1.88 bits per heavy atom. The fraction of sp³-hybridized carbons (Fsp3) is 0.467. The van der Waals surface area contributed by atoms with Gasteiger partial charge >= 0.3 is 6.18 Å². The molecule has 4 aromatic rings. The molecule has 1 aromatic carbocycles. The summed E-state index contributed by atoms with van der Waals surface area (Å²) < 4.78 is 118. The molecule has 0 aliphatic carbocycles. The molecule has 1 atom stereocenters. The van der Waals surface area contributed by atoms with Gasteiger partial charge in [-0.1, -0.05) is 19.6 Å². The number of halogens is 6. The van der Waals surface area contributed by atoms with Crippen LogP contribution < -0.4 is 22.2 Å². The molecule has 0 saturated heterocycles. The first kappa shape index (κ1) is 33.1. The number of anilines is 2. The van der Waals surface area contributed by atoms with E-state index in [0.29, 0.717) is 10.7 Å². The molecule has 0 amide bonds. The Bertz CT molecular complexity index is 2010. The summed E-state index contributed by atoms with van der Waals surface area (Å²) in [5.41, 5.74) is 0.264. The van der Waals surface area contributed by atoms with Crippen LogP contribution in [0.15, 0.2) is 40.4 Å². The third-order valence-corrected chi connectivity index (χ3v) is 9.07. The number of hydrogen-bond acceptors (Lipinski definition) is 10. The number of nitrogens with zero attached hydrogens (tertiary/aromatic N) is 6. The van der Waals surface area contributed by atoms with Gasteiger partial charge in [0.15, 0.2) is 5.82 Å². The first-order chi connectivity index (χ1) is 24.1. The summed E-state index contributed by atoms with van der Waals surface area (Å²) >= 11 is 0. The zero-order chi connectivity index (χ0) is 38.6. The summed E-state index contributed by atoms with van der Waals surface area (Å²) in [5.74, 6) is -1.82. The van der Waals surface area contributed by atoms with Crippen LogP contribution in [-0.2, 0) is 28.9 Å². The number of nitrogens with one attached hydrogen (secondary N) is 1. The van der Waals surface area contributed by atoms with Crippen molar-refractivity contribution in [3.8, 4) is 11.4 Å². The number of nitrogens with two attached hydrogens (primary N) is 1. The van der Waals surface area contributed by atoms with E-state index in [1.807, 2.05) is 0 Å². The second-order valence-electron chi connectivity index (χ2n) is 12.3. The Balaban J connectivity index is 1.53. The van der Waals surface area contributed by atoms with Crippen LogP contribution in [0.3, 0.4) is 0 Å². The van der Waals surface area contributed by atoms with E-state index in [-0.39, 0.29) is 48.3 Å². The SMILES string of the molecule is [2H]C([2H])([2H])OC[C@@H](CCCn1cnc2cc(-c3ncc(C(F)F)c(N)n3)c(F)cc2c1=O)Nc1cnn(COCC[Si](C)(C)C)c(=O)c1C(F)(F)F. The van der Waals surface area contributed by atoms with Crippen LogP contribution in [0.1, 0.15) is 34.5 Å². The molecule has 266 valence electrons. The highest BCUT2D eigenvalue weighted by atomic mass is 28.3. The molecule has 0 spiro atoms. The van der Waals surface area contributed by atoms with Crippen LogP contribution in [0.25, 0.3) is 22.3 Å². The quantitative estimate of drug-likeness (QED) is 0.0941. The van der Waals surface area contributed by atoms with E-state index in [4.69, 9.17) is 19.3 Å². The highest BCUT2D eigenvalue weighted by Crippen LogP contribution is 2.32. The molecule has 0 radical (unpaired) electrons. The maximum atomic E-state index is 15.1. The predicted molar refractivity (Wildman–Crippen MR) is 172 cm³/mol. The van der Waals surface area contributed by atoms with Gasteiger partial charge in [0.05, 0.1) is 51.0 Å². The van der Waals surface area contributed by atoms with Crippen molar-refractivity contribution in [3.63, 3.8) is 0 Å². The highest BCUT2D eigenvalue weighted by molar-refractivity contribution is 6.76. The number of methoxy groups -OCH3 is 1. The van der Waals surface area contributed by atoms with Crippen molar-refractivity contribution in [1.82, 2.24) is 29.3 Å². The van der Waals surface area contributed by atoms with Crippen LogP contribution in [0.4, 0.5) is 37.8 Å². The second kappa shape index (κ2) is 15.5. The minimum atomic E-state index is -5.12. The van der Waals surface area contributed by atoms with Crippen LogP contribution in [0.5, 0.6) is 0 Å². The largest absolute Gasteiger partial charge is 0.423 e. The molecule has 0 aliphatic heterocycles. The van der Waals surface area contributed by atoms with Crippen molar-refractivity contribution in [1.29, 1.82) is 0 Å². The third kappa shape index (κ3) is 9.42. The van der Waals surface area contributed by atoms with Gasteiger partial charge in [-0.05, 0) is 31.0 Å². The van der Waals surface area contributed by atoms with Crippen LogP contribution >= 0.6 is 0 Å². The van der Waals surface area contributed by atoms with Crippen LogP contribution in [-0.4, -0.2) is 63.7 Å². The van der Waals surface area contributed by atoms with Crippen molar-refractivity contribution in [2.24, 2.45) is 0 Å². The van der Waals surface area contributed by atoms with Gasteiger partial charge < -0.3 is 20.5 Å². The average molecular weight is 718 g/mol. The summed E-state index contributed by atoms with van der Waals surface area (Å²) in [4.78, 5) is 37.7. The van der Waals surface area contributed by atoms with Crippen molar-refractivity contribution >= 4 is 30.5 Å². The minimum absolute atomic E-state index is 0.0201. The first-order valence-electron chi connectivity index (χ1n) is 16.4. The number of aryl methyl sites for hydroxylation is 1. The molecule has 3 N–H and O–H groups in total. The number of ether oxygens (including phenoxy) is 2. The molecule has 12 nitrogen and oxygen atoms in total. The van der Waals surface area contributed by atoms with Gasteiger partial charge in [0, 0.05) is 40.5 Å². The second-order valence-corrected chi connectivity index (χ2v) is 17.9. The number of alkyl halides is 5. The van der Waals surface area contributed by atoms with Gasteiger partial charge in [0.25, 0.3) is 17.5 Å². The van der Waals surface area contributed by atoms with Gasteiger partial charge in [-0.2, -0.15) is 18.3 Å². The van der Waals surface area contributed by atoms with E-state index >= 15 is 4.39 Å². The fourth-order valence-electron chi connectivity index (χ4n) is 4.73. The molecule has 19 heteroatoms. The summed E-state index contributed by atoms with van der Waals surface area (Å²) in [6.07, 6.45) is -5.39. The highest BCUT2D eigenvalue weighted by Gasteiger charge is 2.38. The summed E-state index contributed by atoms with van der Waals surface area (Å²) in [6, 6.07) is 1.63. The van der Waals surface area contributed by atoms with Crippen LogP contribution in [0, 0.1) is 5.82 Å². The van der Waals surface area contributed by atoms with Crippen molar-refractivity contribution in [3.05, 3.63) is 68.5 Å². The number of nitrogen functional groups attached to an aromatic ring is 1. The van der Waals surface area contributed by atoms with Gasteiger partial charge in [0.2, 0.25) is 0 Å². The summed E-state index contributed by atoms with van der Waals surface area (Å²) in [5, 5.41) is 6.19. The molecule has 0 fully saturated rings. The zero-order valence-corrected chi connectivity index (χ0v) is 27.7. The van der Waals surface area contributed by atoms with E-state index in [1.165, 1.54) is 0 Å². The van der Waals surface area contributed by atoms with Crippen molar-refractivity contribution in [2.75, 3.05) is 31.3 Å². The number of hydrogen-bond donors (Lipinski definition) is 2. The Hall–Kier alpha value is -4.36. The van der Waals surface area contributed by atoms with Gasteiger partial charge in [0.1, 0.15) is 23.9 Å². The standard InChI is InChI=1S/C30H36F6N8O4Si/c1-47-14-17(41-23-13-40-44(16-48-8-9-49(2,3)4)29(46)24(23)30(34,35)36)6-5-7-43-15-39-22-11-18(21(31)10-19(22)28(43)45)27-38-12-20(25(32)33)26(37)42-27/h10-13,15,17,25,41H,5-9,14,16H2,1-4H3,(H2,37,38,42)/t17-/m1/s1/i1D3. The molecule has 4 rings (SSSR count). The topological polar surface area (TPSA) is 152 Å². The van der Waals surface area contributed by atoms with E-state index < -0.39 is 86.7 Å². The first-order valence-corrected chi connectivity index (χ1v) is 18.6. The lowest BCUT2D eigenvalue weighted by Gasteiger charge is -2.22. The Labute approximate surface area is 281 Å². The molecule has 0 unspecified atom stereocenters. The van der Waals surface area contributed by atoms with Gasteiger partial charge in [-0.15, -0.1) is 0 Å². The number of rotatable bonds is 15. The number of benzene rings is 1. The number of fused-ring (bicyclic) bond motifs is 1. The zero-order valence-electron chi connectivity index (χ0n) is 29.7. The summed E-state index contributed by atoms with van der Waals surface area (Å²) in [6.45, 7) is 5.28. The van der Waals surface area contributed by atoms with E-state index in [1.54, 1.807) is 0 Å². The third-order valence-electron chi connectivity index (χ3n) is 7.37. The van der Waals surface area contributed by atoms with Crippen LogP contribution in [0.2, 0.25) is 25.7 Å². The van der Waals surface area contributed by atoms with E-state index in [2.05, 4.69) is 45.0 Å². The van der Waals surface area contributed by atoms with Crippen molar-refractivity contribution in [2.45, 2.75) is 70.4 Å². The molecule has 0 saturated carbocycles. The molecule has 0 aliphatic rings. The number of aromatic nitrogens is 6. The molecular weight excluding hydrogens is 678 g/mol. The molecule has 3 aromatic heterocycles. The smallest absolute Gasteiger partial charge is 0.383 e. The Morgan fingerprint density at radius 3 is 2.53 bits per heavy atom. The Kier molecular flexibility index (Phi) is 10.5. The van der Waals surface area contributed by atoms with E-state index in [9.17, 15) is 31.5 Å². The van der Waals surface area contributed by atoms with Crippen molar-refractivity contribution < 1.29 is 39.9 Å². The lowest BCUT2D eigenvalue weighted by Crippen LogP contribution is -2.35. The lowest BCUT2D eigenvalue weighted by atomic mass is 10.1. The normalized spacial score (nSPS) is 14.1. The molecule has 49 heavy (non-hydrogen) atoms. The lowest BCUT2D eigenvalue weighted by molar-refractivity contribution is -0.138. The minimum Gasteiger partial charge on any atom is -0.383 e. The molecule has 0 bridgehead atoms. The molecule has 3 heterocycles. The Morgan fingerprint density at radius 1 is 1.12 bits per heavy atom. The average Bonchev–Trinajstić information content (AvgIpc) is 3.02. The summed E-state index contributed by atoms with van der Waals surface area (Å²) in [7, 11) is -4.40. The maximum absolute atomic E-state index is 15.1. The molecular formula is C30H36F6N8O4Si. The monoisotopic (exact) mass is 717 g/mol. The maximum Gasteiger partial charge on any atom is 0.423 e. The van der Waals surface area contributed by atoms with Gasteiger partial charge in [-0.25, -0.2) is 32.8 Å². The van der Waals surface area contributed by atoms with Gasteiger partial charge in [-0.3, -0.25) is 14.2 Å². The van der Waals surface area contributed by atoms with E-state index in [0.717, 1.165) is 35.4 Å².